The molecule has 0 saturated heterocycles. The molecular formula is C13H16FNO4. The molecule has 0 aliphatic heterocycles. The van der Waals surface area contributed by atoms with E-state index < -0.39 is 17.7 Å². The van der Waals surface area contributed by atoms with Gasteiger partial charge < -0.3 is 14.7 Å². The van der Waals surface area contributed by atoms with Gasteiger partial charge in [-0.15, -0.1) is 0 Å². The molecule has 0 spiro atoms. The molecule has 104 valence electrons. The summed E-state index contributed by atoms with van der Waals surface area (Å²) < 4.78 is 18.2. The summed E-state index contributed by atoms with van der Waals surface area (Å²) in [5.41, 5.74) is -0.149. The van der Waals surface area contributed by atoms with Crippen molar-refractivity contribution in [1.29, 1.82) is 0 Å². The monoisotopic (exact) mass is 269 g/mol. The molecule has 0 radical (unpaired) electrons. The first-order chi connectivity index (χ1) is 8.95. The van der Waals surface area contributed by atoms with Gasteiger partial charge in [0, 0.05) is 19.7 Å². The maximum Gasteiger partial charge on any atom is 0.307 e. The van der Waals surface area contributed by atoms with Crippen LogP contribution in [0.4, 0.5) is 4.39 Å². The number of carbonyl (C=O) groups excluding carboxylic acids is 2. The van der Waals surface area contributed by atoms with Crippen molar-refractivity contribution in [3.05, 3.63) is 29.6 Å². The van der Waals surface area contributed by atoms with E-state index in [2.05, 4.69) is 0 Å². The van der Waals surface area contributed by atoms with E-state index in [1.807, 2.05) is 0 Å². The highest BCUT2D eigenvalue weighted by atomic mass is 19.1. The Morgan fingerprint density at radius 3 is 2.68 bits per heavy atom. The number of hydrogen-bond acceptors (Lipinski definition) is 4. The number of benzene rings is 1. The van der Waals surface area contributed by atoms with Crippen molar-refractivity contribution in [1.82, 2.24) is 4.90 Å². The molecule has 0 unspecified atom stereocenters. The molecule has 0 heterocycles. The van der Waals surface area contributed by atoms with Gasteiger partial charge in [0.05, 0.1) is 18.6 Å². The zero-order valence-corrected chi connectivity index (χ0v) is 10.9. The van der Waals surface area contributed by atoms with Gasteiger partial charge in [-0.25, -0.2) is 4.39 Å². The SMILES string of the molecule is CCOC(=O)CCN(C)C(=O)c1ccc(O)cc1F. The molecule has 0 fully saturated rings. The molecule has 0 saturated carbocycles. The standard InChI is InChI=1S/C13H16FNO4/c1-3-19-12(17)6-7-15(2)13(18)10-5-4-9(16)8-11(10)14/h4-5,8,16H,3,6-7H2,1-2H3. The van der Waals surface area contributed by atoms with Crippen LogP contribution in [0.5, 0.6) is 5.75 Å². The predicted octanol–water partition coefficient (Wildman–Crippen LogP) is 1.56. The summed E-state index contributed by atoms with van der Waals surface area (Å²) in [5.74, 6) is -2.01. The lowest BCUT2D eigenvalue weighted by atomic mass is 10.1. The van der Waals surface area contributed by atoms with E-state index in [-0.39, 0.29) is 30.9 Å². The van der Waals surface area contributed by atoms with Crippen molar-refractivity contribution < 1.29 is 23.8 Å². The topological polar surface area (TPSA) is 66.8 Å². The van der Waals surface area contributed by atoms with Gasteiger partial charge in [-0.05, 0) is 19.1 Å². The number of ether oxygens (including phenoxy) is 1. The molecule has 6 heteroatoms. The third-order valence-electron chi connectivity index (χ3n) is 2.49. The van der Waals surface area contributed by atoms with E-state index in [1.54, 1.807) is 6.92 Å². The minimum absolute atomic E-state index is 0.0514. The van der Waals surface area contributed by atoms with Crippen LogP contribution >= 0.6 is 0 Å². The molecular weight excluding hydrogens is 253 g/mol. The van der Waals surface area contributed by atoms with Gasteiger partial charge in [0.2, 0.25) is 0 Å². The van der Waals surface area contributed by atoms with Gasteiger partial charge in [-0.1, -0.05) is 0 Å². The largest absolute Gasteiger partial charge is 0.508 e. The summed E-state index contributed by atoms with van der Waals surface area (Å²) in [6.07, 6.45) is 0.0514. The maximum absolute atomic E-state index is 13.5. The highest BCUT2D eigenvalue weighted by Gasteiger charge is 2.17. The van der Waals surface area contributed by atoms with Gasteiger partial charge >= 0.3 is 5.97 Å². The molecule has 1 amide bonds. The number of halogens is 1. The summed E-state index contributed by atoms with van der Waals surface area (Å²) >= 11 is 0. The van der Waals surface area contributed by atoms with Crippen molar-refractivity contribution in [2.75, 3.05) is 20.2 Å². The number of phenols is 1. The predicted molar refractivity (Wildman–Crippen MR) is 66.3 cm³/mol. The smallest absolute Gasteiger partial charge is 0.307 e. The lowest BCUT2D eigenvalue weighted by Gasteiger charge is -2.17. The molecule has 0 aliphatic carbocycles. The fourth-order valence-corrected chi connectivity index (χ4v) is 1.48. The zero-order valence-electron chi connectivity index (χ0n) is 10.9. The molecule has 1 N–H and O–H groups in total. The fraction of sp³-hybridized carbons (Fsp3) is 0.385. The second-order valence-corrected chi connectivity index (χ2v) is 3.95. The third-order valence-corrected chi connectivity index (χ3v) is 2.49. The molecule has 0 bridgehead atoms. The first-order valence-corrected chi connectivity index (χ1v) is 5.85. The minimum Gasteiger partial charge on any atom is -0.508 e. The van der Waals surface area contributed by atoms with Crippen LogP contribution in [0.3, 0.4) is 0 Å². The number of rotatable bonds is 5. The van der Waals surface area contributed by atoms with Crippen LogP contribution in [-0.4, -0.2) is 42.1 Å². The average Bonchev–Trinajstić information content (AvgIpc) is 2.35. The highest BCUT2D eigenvalue weighted by Crippen LogP contribution is 2.16. The van der Waals surface area contributed by atoms with E-state index in [4.69, 9.17) is 9.84 Å². The van der Waals surface area contributed by atoms with Crippen LogP contribution in [0, 0.1) is 5.82 Å². The van der Waals surface area contributed by atoms with Crippen molar-refractivity contribution in [3.63, 3.8) is 0 Å². The Balaban J connectivity index is 2.64. The number of hydrogen-bond donors (Lipinski definition) is 1. The van der Waals surface area contributed by atoms with Crippen LogP contribution in [0.15, 0.2) is 18.2 Å². The van der Waals surface area contributed by atoms with Crippen LogP contribution in [0.25, 0.3) is 0 Å². The van der Waals surface area contributed by atoms with E-state index >= 15 is 0 Å². The van der Waals surface area contributed by atoms with Crippen LogP contribution < -0.4 is 0 Å². The zero-order chi connectivity index (χ0) is 14.4. The van der Waals surface area contributed by atoms with Crippen molar-refractivity contribution in [3.8, 4) is 5.75 Å². The van der Waals surface area contributed by atoms with E-state index in [0.29, 0.717) is 0 Å². The summed E-state index contributed by atoms with van der Waals surface area (Å²) in [6, 6.07) is 3.30. The quantitative estimate of drug-likeness (QED) is 0.824. The Morgan fingerprint density at radius 2 is 2.11 bits per heavy atom. The molecule has 0 aliphatic rings. The van der Waals surface area contributed by atoms with E-state index in [0.717, 1.165) is 6.07 Å². The second kappa shape index (κ2) is 6.72. The minimum atomic E-state index is -0.798. The molecule has 1 aromatic carbocycles. The Hall–Kier alpha value is -2.11. The van der Waals surface area contributed by atoms with Gasteiger partial charge in [0.25, 0.3) is 5.91 Å². The van der Waals surface area contributed by atoms with Crippen LogP contribution in [0.1, 0.15) is 23.7 Å². The van der Waals surface area contributed by atoms with Gasteiger partial charge in [0.15, 0.2) is 0 Å². The summed E-state index contributed by atoms with van der Waals surface area (Å²) in [7, 11) is 1.47. The fourth-order valence-electron chi connectivity index (χ4n) is 1.48. The molecule has 19 heavy (non-hydrogen) atoms. The van der Waals surface area contributed by atoms with Crippen molar-refractivity contribution in [2.24, 2.45) is 0 Å². The number of nitrogens with zero attached hydrogens (tertiary/aromatic N) is 1. The average molecular weight is 269 g/mol. The van der Waals surface area contributed by atoms with Crippen LogP contribution in [0.2, 0.25) is 0 Å². The normalized spacial score (nSPS) is 10.1. The first-order valence-electron chi connectivity index (χ1n) is 5.85. The Bertz CT molecular complexity index is 476. The van der Waals surface area contributed by atoms with Crippen molar-refractivity contribution in [2.45, 2.75) is 13.3 Å². The number of amides is 1. The van der Waals surface area contributed by atoms with Crippen molar-refractivity contribution >= 4 is 11.9 Å². The van der Waals surface area contributed by atoms with Crippen LogP contribution in [-0.2, 0) is 9.53 Å². The molecule has 1 rings (SSSR count). The molecule has 1 aromatic rings. The van der Waals surface area contributed by atoms with E-state index in [9.17, 15) is 14.0 Å². The third kappa shape index (κ3) is 4.24. The molecule has 0 atom stereocenters. The second-order valence-electron chi connectivity index (χ2n) is 3.95. The first kappa shape index (κ1) is 14.9. The lowest BCUT2D eigenvalue weighted by molar-refractivity contribution is -0.143. The van der Waals surface area contributed by atoms with E-state index in [1.165, 1.54) is 24.1 Å². The van der Waals surface area contributed by atoms with Gasteiger partial charge in [-0.2, -0.15) is 0 Å². The van der Waals surface area contributed by atoms with Gasteiger partial charge in [0.1, 0.15) is 11.6 Å². The Labute approximate surface area is 110 Å². The molecule has 0 aromatic heterocycles. The number of carbonyl (C=O) groups is 2. The summed E-state index contributed by atoms with van der Waals surface area (Å²) in [6.45, 7) is 2.11. The lowest BCUT2D eigenvalue weighted by Crippen LogP contribution is -2.30. The number of aromatic hydroxyl groups is 1. The highest BCUT2D eigenvalue weighted by molar-refractivity contribution is 5.94. The number of esters is 1. The maximum atomic E-state index is 13.5. The number of phenolic OH excluding ortho intramolecular Hbond substituents is 1. The summed E-state index contributed by atoms with van der Waals surface area (Å²) in [5, 5.41) is 9.07. The Morgan fingerprint density at radius 1 is 1.42 bits per heavy atom. The Kier molecular flexibility index (Phi) is 5.29. The molecule has 5 nitrogen and oxygen atoms in total. The summed E-state index contributed by atoms with van der Waals surface area (Å²) in [4.78, 5) is 24.3. The van der Waals surface area contributed by atoms with Gasteiger partial charge in [-0.3, -0.25) is 9.59 Å².